The van der Waals surface area contributed by atoms with Gasteiger partial charge in [0.25, 0.3) is 0 Å². The number of nitrogens with zero attached hydrogens (tertiary/aromatic N) is 1. The van der Waals surface area contributed by atoms with Crippen LogP contribution in [0.15, 0.2) is 48.5 Å². The predicted octanol–water partition coefficient (Wildman–Crippen LogP) is 2.77. The third-order valence-corrected chi connectivity index (χ3v) is 7.76. The van der Waals surface area contributed by atoms with Gasteiger partial charge in [-0.15, -0.1) is 23.1 Å². The molecular formula is C21H23NO4S2. The molecule has 0 radical (unpaired) electrons. The minimum Gasteiger partial charge on any atom is -0.395 e. The van der Waals surface area contributed by atoms with Crippen LogP contribution in [0, 0.1) is 0 Å². The Balaban J connectivity index is 1.57. The molecule has 3 aromatic rings. The molecule has 1 aliphatic rings. The highest BCUT2D eigenvalue weighted by Gasteiger charge is 2.44. The molecule has 0 spiro atoms. The average molecular weight is 418 g/mol. The lowest BCUT2D eigenvalue weighted by atomic mass is 9.95. The summed E-state index contributed by atoms with van der Waals surface area (Å²) in [6.07, 6.45) is -1.88. The summed E-state index contributed by atoms with van der Waals surface area (Å²) in [4.78, 5) is 4.70. The first-order valence-electron chi connectivity index (χ1n) is 9.19. The molecule has 2 aromatic carbocycles. The van der Waals surface area contributed by atoms with Gasteiger partial charge >= 0.3 is 0 Å². The number of thiazole rings is 1. The van der Waals surface area contributed by atoms with E-state index in [0.29, 0.717) is 6.42 Å². The Kier molecular flexibility index (Phi) is 6.01. The molecule has 5 nitrogen and oxygen atoms in total. The number of benzene rings is 2. The number of hydrogen-bond donors (Lipinski definition) is 3. The Morgan fingerprint density at radius 3 is 2.64 bits per heavy atom. The summed E-state index contributed by atoms with van der Waals surface area (Å²) in [5, 5.41) is 31.2. The highest BCUT2D eigenvalue weighted by atomic mass is 32.2. The molecule has 28 heavy (non-hydrogen) atoms. The fraction of sp³-hybridized carbons (Fsp3) is 0.381. The van der Waals surface area contributed by atoms with Gasteiger partial charge in [-0.3, -0.25) is 0 Å². The summed E-state index contributed by atoms with van der Waals surface area (Å²) in [7, 11) is 1.49. The molecule has 1 aromatic heterocycles. The van der Waals surface area contributed by atoms with E-state index in [4.69, 9.17) is 9.72 Å². The minimum absolute atomic E-state index is 0.116. The number of ether oxygens (including phenoxy) is 1. The Morgan fingerprint density at radius 1 is 1.07 bits per heavy atom. The first-order chi connectivity index (χ1) is 13.6. The number of methoxy groups -OCH3 is 1. The van der Waals surface area contributed by atoms with Crippen LogP contribution in [0.25, 0.3) is 10.2 Å². The molecule has 7 heteroatoms. The monoisotopic (exact) mass is 417 g/mol. The zero-order valence-electron chi connectivity index (χ0n) is 15.4. The van der Waals surface area contributed by atoms with Crippen molar-refractivity contribution in [3.05, 3.63) is 64.7 Å². The molecule has 1 saturated heterocycles. The van der Waals surface area contributed by atoms with Crippen molar-refractivity contribution in [1.29, 1.82) is 0 Å². The van der Waals surface area contributed by atoms with Gasteiger partial charge in [-0.05, 0) is 23.3 Å². The Hall–Kier alpha value is -1.48. The van der Waals surface area contributed by atoms with Gasteiger partial charge in [0.05, 0.1) is 44.5 Å². The molecule has 2 heterocycles. The maximum Gasteiger partial charge on any atom is 0.109 e. The van der Waals surface area contributed by atoms with E-state index in [1.165, 1.54) is 23.6 Å². The van der Waals surface area contributed by atoms with E-state index in [1.54, 1.807) is 11.3 Å². The van der Waals surface area contributed by atoms with Crippen LogP contribution in [-0.4, -0.2) is 57.6 Å². The fourth-order valence-electron chi connectivity index (χ4n) is 3.70. The molecule has 1 fully saturated rings. The average Bonchev–Trinajstić information content (AvgIpc) is 3.12. The van der Waals surface area contributed by atoms with Gasteiger partial charge in [-0.25, -0.2) is 4.98 Å². The second kappa shape index (κ2) is 8.49. The lowest BCUT2D eigenvalue weighted by molar-refractivity contribution is -0.0858. The highest BCUT2D eigenvalue weighted by Crippen LogP contribution is 2.44. The standard InChI is InChI=1S/C21H23NO4S2/c1-26-20-16(11-23)28-21(19(25)18(20)24)13-6-4-5-12(9-13)10-17-22-14-7-2-3-8-15(14)27-17/h2-9,16,18-21,23-25H,10-11H2,1H3/t16-,18-,19-,20-,21+/m1/s1. The molecule has 3 N–H and O–H groups in total. The molecule has 0 aliphatic carbocycles. The van der Waals surface area contributed by atoms with Crippen LogP contribution < -0.4 is 0 Å². The zero-order valence-corrected chi connectivity index (χ0v) is 17.1. The summed E-state index contributed by atoms with van der Waals surface area (Å²) in [5.74, 6) is 0. The Morgan fingerprint density at radius 2 is 1.89 bits per heavy atom. The number of para-hydroxylation sites is 1. The van der Waals surface area contributed by atoms with E-state index in [1.807, 2.05) is 36.4 Å². The van der Waals surface area contributed by atoms with Crippen LogP contribution in [-0.2, 0) is 11.2 Å². The maximum atomic E-state index is 10.6. The van der Waals surface area contributed by atoms with Crippen LogP contribution in [0.4, 0.5) is 0 Å². The topological polar surface area (TPSA) is 82.8 Å². The molecular weight excluding hydrogens is 394 g/mol. The van der Waals surface area contributed by atoms with Crippen molar-refractivity contribution < 1.29 is 20.1 Å². The van der Waals surface area contributed by atoms with E-state index in [9.17, 15) is 15.3 Å². The SMILES string of the molecule is CO[C@H]1[C@H](O)[C@@H](O)[C@H](c2cccc(Cc3nc4ccccc4s3)c2)S[C@@H]1CO. The van der Waals surface area contributed by atoms with E-state index >= 15 is 0 Å². The van der Waals surface area contributed by atoms with Gasteiger partial charge in [0.2, 0.25) is 0 Å². The van der Waals surface area contributed by atoms with Crippen molar-refractivity contribution in [2.75, 3.05) is 13.7 Å². The Labute approximate surface area is 172 Å². The normalized spacial score (nSPS) is 27.9. The van der Waals surface area contributed by atoms with E-state index < -0.39 is 18.3 Å². The second-order valence-electron chi connectivity index (χ2n) is 6.96. The van der Waals surface area contributed by atoms with Gasteiger partial charge in [-0.2, -0.15) is 0 Å². The molecule has 0 unspecified atom stereocenters. The van der Waals surface area contributed by atoms with Crippen LogP contribution in [0.2, 0.25) is 0 Å². The third kappa shape index (κ3) is 3.83. The molecule has 0 amide bonds. The van der Waals surface area contributed by atoms with E-state index in [-0.39, 0.29) is 17.1 Å². The van der Waals surface area contributed by atoms with Crippen molar-refractivity contribution in [3.63, 3.8) is 0 Å². The summed E-state index contributed by atoms with van der Waals surface area (Å²) in [6, 6.07) is 16.1. The number of aromatic nitrogens is 1. The van der Waals surface area contributed by atoms with Crippen molar-refractivity contribution in [2.45, 2.75) is 35.2 Å². The van der Waals surface area contributed by atoms with Crippen LogP contribution in [0.5, 0.6) is 0 Å². The summed E-state index contributed by atoms with van der Waals surface area (Å²) < 4.78 is 6.47. The van der Waals surface area contributed by atoms with Crippen LogP contribution in [0.3, 0.4) is 0 Å². The van der Waals surface area contributed by atoms with E-state index in [0.717, 1.165) is 21.7 Å². The minimum atomic E-state index is -1.04. The molecule has 1 aliphatic heterocycles. The number of aliphatic hydroxyl groups is 3. The lowest BCUT2D eigenvalue weighted by Crippen LogP contribution is -2.52. The number of aliphatic hydroxyl groups excluding tert-OH is 3. The smallest absolute Gasteiger partial charge is 0.109 e. The Bertz CT molecular complexity index is 912. The fourth-order valence-corrected chi connectivity index (χ4v) is 6.22. The van der Waals surface area contributed by atoms with Crippen molar-refractivity contribution in [1.82, 2.24) is 4.98 Å². The molecule has 4 rings (SSSR count). The first kappa shape index (κ1) is 19.8. The van der Waals surface area contributed by atoms with Crippen molar-refractivity contribution >= 4 is 33.3 Å². The third-order valence-electron chi connectivity index (χ3n) is 5.11. The quantitative estimate of drug-likeness (QED) is 0.592. The number of rotatable bonds is 5. The van der Waals surface area contributed by atoms with Gasteiger partial charge in [0.1, 0.15) is 6.10 Å². The molecule has 5 atom stereocenters. The lowest BCUT2D eigenvalue weighted by Gasteiger charge is -2.41. The molecule has 0 bridgehead atoms. The highest BCUT2D eigenvalue weighted by molar-refractivity contribution is 8.00. The van der Waals surface area contributed by atoms with Gasteiger partial charge in [0, 0.05) is 13.5 Å². The maximum absolute atomic E-state index is 10.6. The number of hydrogen-bond acceptors (Lipinski definition) is 7. The summed E-state index contributed by atoms with van der Waals surface area (Å²) >= 11 is 3.14. The van der Waals surface area contributed by atoms with Crippen LogP contribution in [0.1, 0.15) is 21.4 Å². The summed E-state index contributed by atoms with van der Waals surface area (Å²) in [5.41, 5.74) is 3.05. The van der Waals surface area contributed by atoms with Crippen molar-refractivity contribution in [3.8, 4) is 0 Å². The summed E-state index contributed by atoms with van der Waals surface area (Å²) in [6.45, 7) is -0.116. The van der Waals surface area contributed by atoms with Crippen molar-refractivity contribution in [2.24, 2.45) is 0 Å². The second-order valence-corrected chi connectivity index (χ2v) is 9.46. The molecule has 0 saturated carbocycles. The number of fused-ring (bicyclic) bond motifs is 1. The largest absolute Gasteiger partial charge is 0.395 e. The molecule has 148 valence electrons. The predicted molar refractivity (Wildman–Crippen MR) is 113 cm³/mol. The van der Waals surface area contributed by atoms with Gasteiger partial charge in [-0.1, -0.05) is 36.4 Å². The zero-order chi connectivity index (χ0) is 19.7. The van der Waals surface area contributed by atoms with Gasteiger partial charge < -0.3 is 20.1 Å². The van der Waals surface area contributed by atoms with Crippen LogP contribution >= 0.6 is 23.1 Å². The van der Waals surface area contributed by atoms with E-state index in [2.05, 4.69) is 12.1 Å². The number of thioether (sulfide) groups is 1. The van der Waals surface area contributed by atoms with Gasteiger partial charge in [0.15, 0.2) is 0 Å². The first-order valence-corrected chi connectivity index (χ1v) is 10.9.